The van der Waals surface area contributed by atoms with Crippen molar-refractivity contribution in [3.63, 3.8) is 0 Å². The highest BCUT2D eigenvalue weighted by molar-refractivity contribution is 9.10. The molecule has 0 saturated heterocycles. The Morgan fingerprint density at radius 2 is 1.90 bits per heavy atom. The van der Waals surface area contributed by atoms with Gasteiger partial charge >= 0.3 is 0 Å². The van der Waals surface area contributed by atoms with E-state index >= 15 is 0 Å². The molecule has 5 heteroatoms. The van der Waals surface area contributed by atoms with Crippen molar-refractivity contribution in [1.29, 1.82) is 0 Å². The molecule has 0 aliphatic rings. The lowest BCUT2D eigenvalue weighted by Gasteiger charge is -2.09. The molecule has 0 atom stereocenters. The van der Waals surface area contributed by atoms with Crippen molar-refractivity contribution in [2.24, 2.45) is 0 Å². The van der Waals surface area contributed by atoms with E-state index in [1.807, 2.05) is 24.4 Å². The van der Waals surface area contributed by atoms with Crippen molar-refractivity contribution in [3.05, 3.63) is 63.4 Å². The van der Waals surface area contributed by atoms with Gasteiger partial charge in [0, 0.05) is 22.6 Å². The Morgan fingerprint density at radius 3 is 2.70 bits per heavy atom. The van der Waals surface area contributed by atoms with Crippen molar-refractivity contribution in [1.82, 2.24) is 9.97 Å². The molecular weight excluding hydrogens is 382 g/mol. The molecule has 100 valence electrons. The number of nitrogens with one attached hydrogen (secondary N) is 1. The van der Waals surface area contributed by atoms with Gasteiger partial charge in [-0.2, -0.15) is 0 Å². The first-order valence-corrected chi connectivity index (χ1v) is 7.70. The molecule has 0 radical (unpaired) electrons. The SMILES string of the molecule is Brc1ccc(NCc2ccc(Br)c3cccnc23)cn1. The summed E-state index contributed by atoms with van der Waals surface area (Å²) in [4.78, 5) is 8.67. The minimum atomic E-state index is 0.712. The van der Waals surface area contributed by atoms with Gasteiger partial charge in [0.25, 0.3) is 0 Å². The first kappa shape index (κ1) is 13.5. The summed E-state index contributed by atoms with van der Waals surface area (Å²) in [7, 11) is 0. The molecule has 2 heterocycles. The number of fused-ring (bicyclic) bond motifs is 1. The van der Waals surface area contributed by atoms with E-state index in [9.17, 15) is 0 Å². The summed E-state index contributed by atoms with van der Waals surface area (Å²) in [5.74, 6) is 0. The fourth-order valence-corrected chi connectivity index (χ4v) is 2.70. The van der Waals surface area contributed by atoms with Gasteiger partial charge in [0.2, 0.25) is 0 Å². The highest BCUT2D eigenvalue weighted by Gasteiger charge is 2.05. The Morgan fingerprint density at radius 1 is 1.00 bits per heavy atom. The molecule has 20 heavy (non-hydrogen) atoms. The summed E-state index contributed by atoms with van der Waals surface area (Å²) in [6.07, 6.45) is 3.62. The molecule has 0 unspecified atom stereocenters. The predicted molar refractivity (Wildman–Crippen MR) is 88.7 cm³/mol. The average Bonchev–Trinajstić information content (AvgIpc) is 2.49. The van der Waals surface area contributed by atoms with Crippen molar-refractivity contribution in [2.75, 3.05) is 5.32 Å². The third-order valence-electron chi connectivity index (χ3n) is 3.01. The quantitative estimate of drug-likeness (QED) is 0.652. The molecule has 3 nitrogen and oxygen atoms in total. The number of aromatic nitrogens is 2. The fraction of sp³-hybridized carbons (Fsp3) is 0.0667. The predicted octanol–water partition coefficient (Wildman–Crippen LogP) is 4.77. The Kier molecular flexibility index (Phi) is 3.98. The number of hydrogen-bond acceptors (Lipinski definition) is 3. The van der Waals surface area contributed by atoms with E-state index in [0.29, 0.717) is 6.54 Å². The lowest BCUT2D eigenvalue weighted by Crippen LogP contribution is -2.01. The molecule has 0 amide bonds. The van der Waals surface area contributed by atoms with Crippen LogP contribution in [-0.4, -0.2) is 9.97 Å². The number of pyridine rings is 2. The highest BCUT2D eigenvalue weighted by atomic mass is 79.9. The van der Waals surface area contributed by atoms with E-state index in [2.05, 4.69) is 65.3 Å². The van der Waals surface area contributed by atoms with E-state index in [1.165, 1.54) is 0 Å². The third kappa shape index (κ3) is 2.83. The minimum Gasteiger partial charge on any atom is -0.380 e. The summed E-state index contributed by atoms with van der Waals surface area (Å²) in [5, 5.41) is 4.49. The zero-order valence-corrected chi connectivity index (χ0v) is 13.6. The van der Waals surface area contributed by atoms with E-state index < -0.39 is 0 Å². The highest BCUT2D eigenvalue weighted by Crippen LogP contribution is 2.25. The van der Waals surface area contributed by atoms with Crippen molar-refractivity contribution in [3.8, 4) is 0 Å². The molecular formula is C15H11Br2N3. The number of benzene rings is 1. The molecule has 1 N–H and O–H groups in total. The lowest BCUT2D eigenvalue weighted by molar-refractivity contribution is 1.13. The van der Waals surface area contributed by atoms with Crippen LogP contribution in [0.5, 0.6) is 0 Å². The molecule has 0 aliphatic carbocycles. The van der Waals surface area contributed by atoms with E-state index in [-0.39, 0.29) is 0 Å². The van der Waals surface area contributed by atoms with Gasteiger partial charge in [-0.15, -0.1) is 0 Å². The molecule has 0 spiro atoms. The maximum Gasteiger partial charge on any atom is 0.106 e. The normalized spacial score (nSPS) is 10.7. The number of rotatable bonds is 3. The zero-order valence-electron chi connectivity index (χ0n) is 10.5. The summed E-state index contributed by atoms with van der Waals surface area (Å²) < 4.78 is 1.90. The maximum atomic E-state index is 4.48. The van der Waals surface area contributed by atoms with Crippen LogP contribution in [0.2, 0.25) is 0 Å². The van der Waals surface area contributed by atoms with Crippen LogP contribution >= 0.6 is 31.9 Å². The number of anilines is 1. The van der Waals surface area contributed by atoms with Gasteiger partial charge in [0.15, 0.2) is 0 Å². The van der Waals surface area contributed by atoms with Crippen LogP contribution < -0.4 is 5.32 Å². The Bertz CT molecular complexity index is 742. The zero-order chi connectivity index (χ0) is 13.9. The monoisotopic (exact) mass is 391 g/mol. The van der Waals surface area contributed by atoms with Gasteiger partial charge in [-0.3, -0.25) is 4.98 Å². The van der Waals surface area contributed by atoms with Crippen molar-refractivity contribution < 1.29 is 0 Å². The van der Waals surface area contributed by atoms with E-state index in [1.54, 1.807) is 6.20 Å². The average molecular weight is 393 g/mol. The third-order valence-corrected chi connectivity index (χ3v) is 4.17. The number of hydrogen-bond donors (Lipinski definition) is 1. The van der Waals surface area contributed by atoms with E-state index in [0.717, 1.165) is 31.2 Å². The molecule has 0 fully saturated rings. The number of halogens is 2. The van der Waals surface area contributed by atoms with Gasteiger partial charge in [0.05, 0.1) is 17.4 Å². The van der Waals surface area contributed by atoms with Crippen LogP contribution in [0, 0.1) is 0 Å². The minimum absolute atomic E-state index is 0.712. The first-order valence-electron chi connectivity index (χ1n) is 6.11. The molecule has 2 aromatic heterocycles. The molecule has 0 saturated carbocycles. The lowest BCUT2D eigenvalue weighted by atomic mass is 10.1. The second-order valence-corrected chi connectivity index (χ2v) is 6.00. The van der Waals surface area contributed by atoms with Crippen LogP contribution in [0.4, 0.5) is 5.69 Å². The number of nitrogens with zero attached hydrogens (tertiary/aromatic N) is 2. The van der Waals surface area contributed by atoms with Gasteiger partial charge in [-0.25, -0.2) is 4.98 Å². The molecule has 0 aliphatic heterocycles. The maximum absolute atomic E-state index is 4.48. The van der Waals surface area contributed by atoms with Gasteiger partial charge in [-0.05, 0) is 45.8 Å². The second kappa shape index (κ2) is 5.89. The van der Waals surface area contributed by atoms with Crippen LogP contribution in [0.3, 0.4) is 0 Å². The topological polar surface area (TPSA) is 37.8 Å². The molecule has 0 bridgehead atoms. The largest absolute Gasteiger partial charge is 0.380 e. The van der Waals surface area contributed by atoms with Crippen molar-refractivity contribution >= 4 is 48.5 Å². The van der Waals surface area contributed by atoms with Crippen LogP contribution in [0.15, 0.2) is 57.9 Å². The van der Waals surface area contributed by atoms with Crippen LogP contribution in [-0.2, 0) is 6.54 Å². The van der Waals surface area contributed by atoms with Crippen LogP contribution in [0.25, 0.3) is 10.9 Å². The van der Waals surface area contributed by atoms with E-state index in [4.69, 9.17) is 0 Å². The smallest absolute Gasteiger partial charge is 0.106 e. The Hall–Kier alpha value is -1.46. The first-order chi connectivity index (χ1) is 9.74. The molecule has 3 rings (SSSR count). The van der Waals surface area contributed by atoms with Crippen molar-refractivity contribution in [2.45, 2.75) is 6.54 Å². The van der Waals surface area contributed by atoms with Gasteiger partial charge < -0.3 is 5.32 Å². The standard InChI is InChI=1S/C15H11Br2N3/c16-13-5-3-10(15-12(13)2-1-7-18-15)8-19-11-4-6-14(17)20-9-11/h1-7,9,19H,8H2. The summed E-state index contributed by atoms with van der Waals surface area (Å²) in [6, 6.07) is 12.1. The fourth-order valence-electron chi connectivity index (χ4n) is 2.02. The van der Waals surface area contributed by atoms with Crippen LogP contribution in [0.1, 0.15) is 5.56 Å². The Balaban J connectivity index is 1.88. The molecule has 3 aromatic rings. The van der Waals surface area contributed by atoms with Gasteiger partial charge in [0.1, 0.15) is 4.60 Å². The summed E-state index contributed by atoms with van der Waals surface area (Å²) in [6.45, 7) is 0.712. The summed E-state index contributed by atoms with van der Waals surface area (Å²) in [5.41, 5.74) is 3.16. The summed E-state index contributed by atoms with van der Waals surface area (Å²) >= 11 is 6.89. The second-order valence-electron chi connectivity index (χ2n) is 4.33. The Labute approximate surface area is 133 Å². The molecule has 1 aromatic carbocycles. The van der Waals surface area contributed by atoms with Gasteiger partial charge in [-0.1, -0.05) is 28.1 Å².